The summed E-state index contributed by atoms with van der Waals surface area (Å²) in [6.45, 7) is 1.98. The van der Waals surface area contributed by atoms with Gasteiger partial charge in [0.15, 0.2) is 0 Å². The lowest BCUT2D eigenvalue weighted by atomic mass is 9.96. The summed E-state index contributed by atoms with van der Waals surface area (Å²) in [5.41, 5.74) is 1.01. The van der Waals surface area contributed by atoms with Gasteiger partial charge in [-0.3, -0.25) is 4.79 Å². The Morgan fingerprint density at radius 2 is 2.12 bits per heavy atom. The highest BCUT2D eigenvalue weighted by atomic mass is 79.9. The van der Waals surface area contributed by atoms with Crippen LogP contribution in [0, 0.1) is 5.92 Å². The predicted molar refractivity (Wildman–Crippen MR) is 70.2 cm³/mol. The summed E-state index contributed by atoms with van der Waals surface area (Å²) in [5, 5.41) is 0. The minimum absolute atomic E-state index is 0.122. The lowest BCUT2D eigenvalue weighted by Crippen LogP contribution is -2.18. The van der Waals surface area contributed by atoms with Crippen molar-refractivity contribution in [3.63, 3.8) is 0 Å². The molecule has 1 aromatic carbocycles. The van der Waals surface area contributed by atoms with E-state index in [0.717, 1.165) is 22.2 Å². The Bertz CT molecular complexity index is 390. The van der Waals surface area contributed by atoms with Gasteiger partial charge in [-0.15, -0.1) is 0 Å². The van der Waals surface area contributed by atoms with E-state index in [4.69, 9.17) is 9.47 Å². The molecule has 1 atom stereocenters. The second kappa shape index (κ2) is 6.64. The summed E-state index contributed by atoms with van der Waals surface area (Å²) in [6.07, 6.45) is 1.38. The van der Waals surface area contributed by atoms with Gasteiger partial charge in [-0.05, 0) is 36.6 Å². The molecule has 1 unspecified atom stereocenters. The van der Waals surface area contributed by atoms with E-state index in [1.807, 2.05) is 25.1 Å². The maximum absolute atomic E-state index is 11.6. The maximum atomic E-state index is 11.6. The third-order valence-electron chi connectivity index (χ3n) is 2.74. The van der Waals surface area contributed by atoms with Crippen LogP contribution in [0.1, 0.15) is 18.9 Å². The minimum atomic E-state index is -0.172. The van der Waals surface area contributed by atoms with Gasteiger partial charge in [-0.25, -0.2) is 0 Å². The molecular weight excluding hydrogens is 284 g/mol. The molecule has 0 bridgehead atoms. The van der Waals surface area contributed by atoms with E-state index in [0.29, 0.717) is 6.42 Å². The number of rotatable bonds is 5. The third kappa shape index (κ3) is 3.73. The number of esters is 1. The number of methoxy groups -OCH3 is 2. The highest BCUT2D eigenvalue weighted by molar-refractivity contribution is 9.10. The van der Waals surface area contributed by atoms with Crippen molar-refractivity contribution < 1.29 is 14.3 Å². The van der Waals surface area contributed by atoms with Crippen molar-refractivity contribution in [3.05, 3.63) is 28.2 Å². The quantitative estimate of drug-likeness (QED) is 0.784. The average molecular weight is 301 g/mol. The van der Waals surface area contributed by atoms with Crippen LogP contribution in [0.3, 0.4) is 0 Å². The summed E-state index contributed by atoms with van der Waals surface area (Å²) >= 11 is 3.42. The smallest absolute Gasteiger partial charge is 0.308 e. The molecule has 0 heterocycles. The van der Waals surface area contributed by atoms with Gasteiger partial charge in [0.2, 0.25) is 0 Å². The number of ether oxygens (including phenoxy) is 2. The molecule has 0 fully saturated rings. The Morgan fingerprint density at radius 1 is 1.41 bits per heavy atom. The van der Waals surface area contributed by atoms with E-state index in [9.17, 15) is 4.79 Å². The van der Waals surface area contributed by atoms with Crippen molar-refractivity contribution >= 4 is 21.9 Å². The fourth-order valence-corrected chi connectivity index (χ4v) is 2.14. The molecule has 0 aromatic heterocycles. The Balaban J connectivity index is 2.92. The highest BCUT2D eigenvalue weighted by Gasteiger charge is 2.19. The standard InChI is InChI=1S/C13H17BrO3/c1-4-9(13(15)17-3)7-10-8-11(14)5-6-12(10)16-2/h5-6,8-9H,4,7H2,1-3H3. The second-order valence-corrected chi connectivity index (χ2v) is 4.70. The van der Waals surface area contributed by atoms with E-state index < -0.39 is 0 Å². The van der Waals surface area contributed by atoms with Crippen molar-refractivity contribution in [1.29, 1.82) is 0 Å². The van der Waals surface area contributed by atoms with Gasteiger partial charge in [-0.2, -0.15) is 0 Å². The Labute approximate surface area is 110 Å². The highest BCUT2D eigenvalue weighted by Crippen LogP contribution is 2.26. The van der Waals surface area contributed by atoms with Crippen LogP contribution in [0.2, 0.25) is 0 Å². The molecule has 0 saturated heterocycles. The van der Waals surface area contributed by atoms with Crippen LogP contribution >= 0.6 is 15.9 Å². The lowest BCUT2D eigenvalue weighted by molar-refractivity contribution is -0.145. The molecular formula is C13H17BrO3. The number of benzene rings is 1. The van der Waals surface area contributed by atoms with E-state index in [1.54, 1.807) is 7.11 Å². The van der Waals surface area contributed by atoms with Crippen LogP contribution in [0.15, 0.2) is 22.7 Å². The number of carbonyl (C=O) groups excluding carboxylic acids is 1. The molecule has 0 aliphatic rings. The summed E-state index contributed by atoms with van der Waals surface area (Å²) in [4.78, 5) is 11.6. The zero-order chi connectivity index (χ0) is 12.8. The third-order valence-corrected chi connectivity index (χ3v) is 3.23. The number of hydrogen-bond acceptors (Lipinski definition) is 3. The number of carbonyl (C=O) groups is 1. The van der Waals surface area contributed by atoms with E-state index in [-0.39, 0.29) is 11.9 Å². The first-order valence-corrected chi connectivity index (χ1v) is 6.31. The Morgan fingerprint density at radius 3 is 2.65 bits per heavy atom. The monoisotopic (exact) mass is 300 g/mol. The van der Waals surface area contributed by atoms with Gasteiger partial charge in [0.25, 0.3) is 0 Å². The Hall–Kier alpha value is -1.03. The van der Waals surface area contributed by atoms with Gasteiger partial charge in [0, 0.05) is 4.47 Å². The molecule has 0 aliphatic heterocycles. The van der Waals surface area contributed by atoms with Gasteiger partial charge in [-0.1, -0.05) is 22.9 Å². The van der Waals surface area contributed by atoms with Gasteiger partial charge < -0.3 is 9.47 Å². The van der Waals surface area contributed by atoms with Crippen LogP contribution in [-0.2, 0) is 16.0 Å². The van der Waals surface area contributed by atoms with Crippen LogP contribution in [0.4, 0.5) is 0 Å². The fourth-order valence-electron chi connectivity index (χ4n) is 1.73. The van der Waals surface area contributed by atoms with E-state index in [1.165, 1.54) is 7.11 Å². The van der Waals surface area contributed by atoms with E-state index >= 15 is 0 Å². The van der Waals surface area contributed by atoms with Gasteiger partial charge in [0.1, 0.15) is 5.75 Å². The first-order valence-electron chi connectivity index (χ1n) is 5.52. The average Bonchev–Trinajstić information content (AvgIpc) is 2.35. The first kappa shape index (κ1) is 14.0. The Kier molecular flexibility index (Phi) is 5.48. The molecule has 0 N–H and O–H groups in total. The molecule has 0 radical (unpaired) electrons. The van der Waals surface area contributed by atoms with Crippen molar-refractivity contribution in [2.24, 2.45) is 5.92 Å². The predicted octanol–water partition coefficient (Wildman–Crippen LogP) is 3.20. The van der Waals surface area contributed by atoms with Crippen LogP contribution in [0.5, 0.6) is 5.75 Å². The number of hydrogen-bond donors (Lipinski definition) is 0. The number of halogens is 1. The molecule has 1 aromatic rings. The van der Waals surface area contributed by atoms with Crippen molar-refractivity contribution in [3.8, 4) is 5.75 Å². The van der Waals surface area contributed by atoms with Gasteiger partial charge in [0.05, 0.1) is 20.1 Å². The fraction of sp³-hybridized carbons (Fsp3) is 0.462. The molecule has 1 rings (SSSR count). The van der Waals surface area contributed by atoms with Gasteiger partial charge >= 0.3 is 5.97 Å². The molecule has 4 heteroatoms. The zero-order valence-corrected chi connectivity index (χ0v) is 11.9. The largest absolute Gasteiger partial charge is 0.496 e. The molecule has 0 amide bonds. The molecule has 0 saturated carbocycles. The summed E-state index contributed by atoms with van der Waals surface area (Å²) in [5.74, 6) is 0.508. The van der Waals surface area contributed by atoms with Crippen molar-refractivity contribution in [2.45, 2.75) is 19.8 Å². The molecule has 0 spiro atoms. The topological polar surface area (TPSA) is 35.5 Å². The summed E-state index contributed by atoms with van der Waals surface area (Å²) in [6, 6.07) is 5.79. The van der Waals surface area contributed by atoms with Crippen molar-refractivity contribution in [1.82, 2.24) is 0 Å². The minimum Gasteiger partial charge on any atom is -0.496 e. The maximum Gasteiger partial charge on any atom is 0.308 e. The van der Waals surface area contributed by atoms with Crippen LogP contribution in [0.25, 0.3) is 0 Å². The van der Waals surface area contributed by atoms with Crippen molar-refractivity contribution in [2.75, 3.05) is 14.2 Å². The molecule has 94 valence electrons. The zero-order valence-electron chi connectivity index (χ0n) is 10.3. The molecule has 3 nitrogen and oxygen atoms in total. The van der Waals surface area contributed by atoms with Crippen LogP contribution in [-0.4, -0.2) is 20.2 Å². The summed E-state index contributed by atoms with van der Waals surface area (Å²) in [7, 11) is 3.05. The molecule has 0 aliphatic carbocycles. The first-order chi connectivity index (χ1) is 8.12. The molecule has 17 heavy (non-hydrogen) atoms. The normalized spacial score (nSPS) is 12.0. The van der Waals surface area contributed by atoms with E-state index in [2.05, 4.69) is 15.9 Å². The summed E-state index contributed by atoms with van der Waals surface area (Å²) < 4.78 is 11.1. The second-order valence-electron chi connectivity index (χ2n) is 3.79. The van der Waals surface area contributed by atoms with Crippen LogP contribution < -0.4 is 4.74 Å². The SMILES string of the molecule is CCC(Cc1cc(Br)ccc1OC)C(=O)OC. The lowest BCUT2D eigenvalue weighted by Gasteiger charge is -2.15.